The molecule has 2 aromatic rings. The molecule has 0 aromatic heterocycles. The van der Waals surface area contributed by atoms with Crippen molar-refractivity contribution in [3.05, 3.63) is 88.1 Å². The molecule has 1 amide bonds. The third-order valence-electron chi connectivity index (χ3n) is 4.91. The zero-order valence-corrected chi connectivity index (χ0v) is 17.1. The van der Waals surface area contributed by atoms with Crippen molar-refractivity contribution in [3.8, 4) is 6.07 Å². The van der Waals surface area contributed by atoms with Crippen molar-refractivity contribution in [3.63, 3.8) is 0 Å². The molecule has 0 bridgehead atoms. The minimum atomic E-state index is -0.516. The Kier molecular flexibility index (Phi) is 6.64. The van der Waals surface area contributed by atoms with Crippen LogP contribution in [0.1, 0.15) is 30.9 Å². The molecular formula is C24H22ClN3O. The van der Waals surface area contributed by atoms with Crippen LogP contribution in [-0.4, -0.2) is 18.2 Å². The van der Waals surface area contributed by atoms with Gasteiger partial charge in [-0.25, -0.2) is 0 Å². The monoisotopic (exact) mass is 403 g/mol. The second kappa shape index (κ2) is 9.36. The number of carbonyl (C=O) groups excluding carboxylic acids is 1. The lowest BCUT2D eigenvalue weighted by molar-refractivity contribution is -0.117. The quantitative estimate of drug-likeness (QED) is 0.750. The van der Waals surface area contributed by atoms with Gasteiger partial charge in [-0.2, -0.15) is 5.26 Å². The average molecular weight is 404 g/mol. The summed E-state index contributed by atoms with van der Waals surface area (Å²) in [7, 11) is 0. The van der Waals surface area contributed by atoms with E-state index in [4.69, 9.17) is 11.6 Å². The molecule has 0 radical (unpaired) electrons. The maximum absolute atomic E-state index is 13.0. The number of nitrogens with one attached hydrogen (secondary N) is 1. The number of hydrogen-bond donors (Lipinski definition) is 1. The molecule has 2 atom stereocenters. The van der Waals surface area contributed by atoms with Crippen LogP contribution >= 0.6 is 11.6 Å². The molecular weight excluding hydrogens is 382 g/mol. The molecule has 146 valence electrons. The molecule has 1 aliphatic rings. The van der Waals surface area contributed by atoms with Gasteiger partial charge in [0, 0.05) is 34.5 Å². The van der Waals surface area contributed by atoms with Gasteiger partial charge in [0.1, 0.15) is 0 Å². The van der Waals surface area contributed by atoms with Crippen LogP contribution in [0.4, 0.5) is 0 Å². The lowest BCUT2D eigenvalue weighted by atomic mass is 9.76. The summed E-state index contributed by atoms with van der Waals surface area (Å²) in [6.45, 7) is 4.02. The third kappa shape index (κ3) is 4.82. The van der Waals surface area contributed by atoms with E-state index in [0.29, 0.717) is 28.5 Å². The number of hydrogen-bond acceptors (Lipinski definition) is 3. The molecule has 1 heterocycles. The Morgan fingerprint density at radius 1 is 1.21 bits per heavy atom. The van der Waals surface area contributed by atoms with Crippen molar-refractivity contribution in [1.82, 2.24) is 5.32 Å². The molecule has 0 saturated heterocycles. The fourth-order valence-corrected chi connectivity index (χ4v) is 3.76. The number of amides is 1. The van der Waals surface area contributed by atoms with E-state index in [1.165, 1.54) is 0 Å². The second-order valence-electron chi connectivity index (χ2n) is 6.91. The molecule has 0 saturated carbocycles. The molecule has 29 heavy (non-hydrogen) atoms. The van der Waals surface area contributed by atoms with Gasteiger partial charge in [-0.15, -0.1) is 0 Å². The minimum absolute atomic E-state index is 0.221. The van der Waals surface area contributed by atoms with Crippen LogP contribution in [-0.2, 0) is 4.79 Å². The minimum Gasteiger partial charge on any atom is -0.349 e. The highest BCUT2D eigenvalue weighted by Crippen LogP contribution is 2.39. The molecule has 2 unspecified atom stereocenters. The smallest absolute Gasteiger partial charge is 0.249 e. The Morgan fingerprint density at radius 2 is 1.97 bits per heavy atom. The molecule has 3 rings (SSSR count). The van der Waals surface area contributed by atoms with Crippen LogP contribution in [0.5, 0.6) is 0 Å². The van der Waals surface area contributed by atoms with Gasteiger partial charge >= 0.3 is 0 Å². The molecule has 4 nitrogen and oxygen atoms in total. The first-order chi connectivity index (χ1) is 14.0. The Hall–Kier alpha value is -3.16. The van der Waals surface area contributed by atoms with Gasteiger partial charge in [-0.05, 0) is 37.1 Å². The fourth-order valence-electron chi connectivity index (χ4n) is 3.57. The van der Waals surface area contributed by atoms with Crippen molar-refractivity contribution in [2.75, 3.05) is 6.54 Å². The highest BCUT2D eigenvalue weighted by atomic mass is 35.5. The van der Waals surface area contributed by atoms with E-state index in [0.717, 1.165) is 11.1 Å². The predicted octanol–water partition coefficient (Wildman–Crippen LogP) is 5.14. The number of nitriles is 1. The zero-order chi connectivity index (χ0) is 20.8. The van der Waals surface area contributed by atoms with Crippen LogP contribution in [0.3, 0.4) is 0 Å². The van der Waals surface area contributed by atoms with E-state index in [1.54, 1.807) is 6.07 Å². The maximum Gasteiger partial charge on any atom is 0.249 e. The number of aliphatic imine (C=N–C) groups is 1. The third-order valence-corrected chi connectivity index (χ3v) is 5.15. The summed E-state index contributed by atoms with van der Waals surface area (Å²) in [5.41, 5.74) is 3.75. The predicted molar refractivity (Wildman–Crippen MR) is 118 cm³/mol. The first kappa shape index (κ1) is 20.6. The van der Waals surface area contributed by atoms with Gasteiger partial charge in [0.15, 0.2) is 0 Å². The molecule has 1 aliphatic heterocycles. The first-order valence-electron chi connectivity index (χ1n) is 9.42. The van der Waals surface area contributed by atoms with Gasteiger partial charge in [0.25, 0.3) is 0 Å². The first-order valence-corrected chi connectivity index (χ1v) is 9.80. The second-order valence-corrected chi connectivity index (χ2v) is 7.35. The molecule has 5 heteroatoms. The molecule has 0 fully saturated rings. The van der Waals surface area contributed by atoms with E-state index in [9.17, 15) is 10.1 Å². The summed E-state index contributed by atoms with van der Waals surface area (Å²) in [4.78, 5) is 17.5. The summed E-state index contributed by atoms with van der Waals surface area (Å²) < 4.78 is 0. The lowest BCUT2D eigenvalue weighted by Gasteiger charge is -2.29. The summed E-state index contributed by atoms with van der Waals surface area (Å²) in [5, 5.41) is 13.3. The number of nitrogens with zero attached hydrogens (tertiary/aromatic N) is 2. The normalized spacial score (nSPS) is 19.0. The van der Waals surface area contributed by atoms with Gasteiger partial charge in [0.2, 0.25) is 5.91 Å². The van der Waals surface area contributed by atoms with Gasteiger partial charge in [0.05, 0.1) is 12.0 Å². The van der Waals surface area contributed by atoms with Crippen molar-refractivity contribution >= 4 is 29.3 Å². The molecule has 0 aliphatic carbocycles. The van der Waals surface area contributed by atoms with Crippen molar-refractivity contribution in [2.24, 2.45) is 10.9 Å². The van der Waals surface area contributed by atoms with Crippen LogP contribution in [0, 0.1) is 17.2 Å². The summed E-state index contributed by atoms with van der Waals surface area (Å²) >= 11 is 6.18. The Labute approximate surface area is 176 Å². The number of rotatable bonds is 5. The fraction of sp³-hybridized carbons (Fsp3) is 0.208. The highest BCUT2D eigenvalue weighted by molar-refractivity contribution is 6.30. The SMILES string of the molecule is CC1=NC(C)=C(C(=O)NCC=Cc2ccccc2)C(c2cccc(Cl)c2)C1C#N. The van der Waals surface area contributed by atoms with E-state index in [1.807, 2.05) is 74.5 Å². The van der Waals surface area contributed by atoms with Crippen molar-refractivity contribution in [1.29, 1.82) is 5.26 Å². The van der Waals surface area contributed by atoms with Crippen molar-refractivity contribution in [2.45, 2.75) is 19.8 Å². The van der Waals surface area contributed by atoms with Gasteiger partial charge in [-0.3, -0.25) is 9.79 Å². The molecule has 2 aromatic carbocycles. The average Bonchev–Trinajstić information content (AvgIpc) is 2.71. The van der Waals surface area contributed by atoms with E-state index in [2.05, 4.69) is 16.4 Å². The molecule has 0 spiro atoms. The van der Waals surface area contributed by atoms with E-state index < -0.39 is 11.8 Å². The Morgan fingerprint density at radius 3 is 2.66 bits per heavy atom. The van der Waals surface area contributed by atoms with Crippen molar-refractivity contribution < 1.29 is 4.79 Å². The summed E-state index contributed by atoms with van der Waals surface area (Å²) in [6.07, 6.45) is 3.86. The summed E-state index contributed by atoms with van der Waals surface area (Å²) in [5.74, 6) is -1.14. The number of halogens is 1. The van der Waals surface area contributed by atoms with Gasteiger partial charge < -0.3 is 5.32 Å². The maximum atomic E-state index is 13.0. The number of carbonyl (C=O) groups is 1. The van der Waals surface area contributed by atoms with Crippen LogP contribution in [0.15, 0.2) is 76.9 Å². The lowest BCUT2D eigenvalue weighted by Crippen LogP contribution is -2.34. The topological polar surface area (TPSA) is 65.2 Å². The molecule has 1 N–H and O–H groups in total. The Bertz CT molecular complexity index is 1030. The Balaban J connectivity index is 1.85. The largest absolute Gasteiger partial charge is 0.349 e. The number of allylic oxidation sites excluding steroid dienone is 1. The standard InChI is InChI=1S/C24H22ClN3O/c1-16-21(15-26)23(19-11-6-12-20(25)14-19)22(17(2)28-16)24(29)27-13-7-10-18-8-4-3-5-9-18/h3-12,14,21,23H,13H2,1-2H3,(H,27,29). The van der Waals surface area contributed by atoms with Gasteiger partial charge in [-0.1, -0.05) is 66.2 Å². The highest BCUT2D eigenvalue weighted by Gasteiger charge is 2.36. The summed E-state index contributed by atoms with van der Waals surface area (Å²) in [6, 6.07) is 19.5. The van der Waals surface area contributed by atoms with E-state index >= 15 is 0 Å². The van der Waals surface area contributed by atoms with Crippen LogP contribution in [0.2, 0.25) is 5.02 Å². The van der Waals surface area contributed by atoms with Crippen LogP contribution in [0.25, 0.3) is 6.08 Å². The van der Waals surface area contributed by atoms with E-state index in [-0.39, 0.29) is 5.91 Å². The number of benzene rings is 2. The zero-order valence-electron chi connectivity index (χ0n) is 16.4. The van der Waals surface area contributed by atoms with Crippen LogP contribution < -0.4 is 5.32 Å².